The number of methoxy groups -OCH3 is 1. The van der Waals surface area contributed by atoms with Crippen LogP contribution in [0.2, 0.25) is 0 Å². The van der Waals surface area contributed by atoms with Crippen LogP contribution in [-0.4, -0.2) is 63.0 Å². The van der Waals surface area contributed by atoms with Gasteiger partial charge in [-0.1, -0.05) is 26.2 Å². The van der Waals surface area contributed by atoms with Crippen LogP contribution in [0.15, 0.2) is 24.3 Å². The molecule has 1 aromatic carbocycles. The van der Waals surface area contributed by atoms with Crippen LogP contribution >= 0.6 is 0 Å². The second-order valence-electron chi connectivity index (χ2n) is 7.53. The number of nitrogens with one attached hydrogen (secondary N) is 1. The minimum Gasteiger partial charge on any atom is -0.494 e. The van der Waals surface area contributed by atoms with Crippen molar-refractivity contribution in [1.29, 1.82) is 0 Å². The van der Waals surface area contributed by atoms with Gasteiger partial charge in [-0.15, -0.1) is 0 Å². The van der Waals surface area contributed by atoms with Gasteiger partial charge in [-0.05, 0) is 44.0 Å². The second kappa shape index (κ2) is 12.0. The normalized spacial score (nSPS) is 17.1. The van der Waals surface area contributed by atoms with Gasteiger partial charge in [0.15, 0.2) is 0 Å². The topological polar surface area (TPSA) is 60.0 Å². The molecule has 0 radical (unpaired) electrons. The number of ether oxygens (including phenoxy) is 3. The summed E-state index contributed by atoms with van der Waals surface area (Å²) < 4.78 is 16.7. The zero-order chi connectivity index (χ0) is 20.2. The van der Waals surface area contributed by atoms with Gasteiger partial charge < -0.3 is 19.5 Å². The smallest absolute Gasteiger partial charge is 0.256 e. The highest BCUT2D eigenvalue weighted by Gasteiger charge is 2.32. The summed E-state index contributed by atoms with van der Waals surface area (Å²) in [4.78, 5) is 15.0. The SMILES string of the molecule is CCCCC[C@](C)(OC)C(=O)Nc1ccc(OCCCN2CCOCC2)cc1. The molecule has 1 heterocycles. The Morgan fingerprint density at radius 2 is 1.89 bits per heavy atom. The van der Waals surface area contributed by atoms with Gasteiger partial charge in [0.25, 0.3) is 5.91 Å². The summed E-state index contributed by atoms with van der Waals surface area (Å²) in [6.07, 6.45) is 4.90. The van der Waals surface area contributed by atoms with Crippen LogP contribution in [0.5, 0.6) is 5.75 Å². The lowest BCUT2D eigenvalue weighted by Crippen LogP contribution is -2.41. The molecule has 1 saturated heterocycles. The summed E-state index contributed by atoms with van der Waals surface area (Å²) in [6, 6.07) is 7.53. The molecule has 1 fully saturated rings. The van der Waals surface area contributed by atoms with Crippen molar-refractivity contribution in [3.8, 4) is 5.75 Å². The van der Waals surface area contributed by atoms with Crippen molar-refractivity contribution in [2.75, 3.05) is 51.9 Å². The van der Waals surface area contributed by atoms with Crippen molar-refractivity contribution < 1.29 is 19.0 Å². The summed E-state index contributed by atoms with van der Waals surface area (Å²) in [5.41, 5.74) is -0.0476. The van der Waals surface area contributed by atoms with Crippen LogP contribution in [0.25, 0.3) is 0 Å². The van der Waals surface area contributed by atoms with Gasteiger partial charge in [-0.3, -0.25) is 9.69 Å². The maximum atomic E-state index is 12.6. The van der Waals surface area contributed by atoms with E-state index in [1.807, 2.05) is 31.2 Å². The summed E-state index contributed by atoms with van der Waals surface area (Å²) in [6.45, 7) is 9.39. The number of nitrogens with zero attached hydrogens (tertiary/aromatic N) is 1. The number of benzene rings is 1. The monoisotopic (exact) mass is 392 g/mol. The Kier molecular flexibility index (Phi) is 9.75. The Morgan fingerprint density at radius 3 is 2.54 bits per heavy atom. The van der Waals surface area contributed by atoms with E-state index < -0.39 is 5.60 Å². The van der Waals surface area contributed by atoms with Gasteiger partial charge in [-0.2, -0.15) is 0 Å². The van der Waals surface area contributed by atoms with Crippen molar-refractivity contribution >= 4 is 11.6 Å². The maximum absolute atomic E-state index is 12.6. The van der Waals surface area contributed by atoms with Gasteiger partial charge in [0.05, 0.1) is 19.8 Å². The first-order valence-electron chi connectivity index (χ1n) is 10.5. The van der Waals surface area contributed by atoms with Crippen molar-refractivity contribution in [1.82, 2.24) is 4.90 Å². The molecule has 0 bridgehead atoms. The van der Waals surface area contributed by atoms with Gasteiger partial charge in [0, 0.05) is 32.4 Å². The molecule has 6 heteroatoms. The number of rotatable bonds is 12. The number of carbonyl (C=O) groups is 1. The second-order valence-corrected chi connectivity index (χ2v) is 7.53. The molecular formula is C22H36N2O4. The minimum atomic E-state index is -0.802. The first-order valence-corrected chi connectivity index (χ1v) is 10.5. The summed E-state index contributed by atoms with van der Waals surface area (Å²) >= 11 is 0. The fourth-order valence-corrected chi connectivity index (χ4v) is 3.22. The van der Waals surface area contributed by atoms with Crippen LogP contribution in [0.4, 0.5) is 5.69 Å². The molecule has 0 saturated carbocycles. The molecule has 1 N–H and O–H groups in total. The van der Waals surface area contributed by atoms with Crippen LogP contribution in [0.3, 0.4) is 0 Å². The van der Waals surface area contributed by atoms with Gasteiger partial charge >= 0.3 is 0 Å². The lowest BCUT2D eigenvalue weighted by molar-refractivity contribution is -0.136. The predicted octanol–water partition coefficient (Wildman–Crippen LogP) is 3.71. The van der Waals surface area contributed by atoms with Crippen LogP contribution in [-0.2, 0) is 14.3 Å². The molecule has 0 spiro atoms. The molecule has 1 aromatic rings. The quantitative estimate of drug-likeness (QED) is 0.550. The first-order chi connectivity index (χ1) is 13.6. The molecular weight excluding hydrogens is 356 g/mol. The fourth-order valence-electron chi connectivity index (χ4n) is 3.22. The van der Waals surface area contributed by atoms with E-state index in [0.29, 0.717) is 13.0 Å². The highest BCUT2D eigenvalue weighted by molar-refractivity contribution is 5.97. The largest absolute Gasteiger partial charge is 0.494 e. The minimum absolute atomic E-state index is 0.106. The van der Waals surface area contributed by atoms with E-state index in [1.54, 1.807) is 7.11 Å². The molecule has 158 valence electrons. The zero-order valence-electron chi connectivity index (χ0n) is 17.7. The van der Waals surface area contributed by atoms with Gasteiger partial charge in [0.2, 0.25) is 0 Å². The molecule has 1 amide bonds. The first kappa shape index (κ1) is 22.7. The van der Waals surface area contributed by atoms with E-state index in [-0.39, 0.29) is 5.91 Å². The Hall–Kier alpha value is -1.63. The maximum Gasteiger partial charge on any atom is 0.256 e. The molecule has 28 heavy (non-hydrogen) atoms. The molecule has 1 aliphatic rings. The number of morpholine rings is 1. The van der Waals surface area contributed by atoms with E-state index in [1.165, 1.54) is 0 Å². The Morgan fingerprint density at radius 1 is 1.18 bits per heavy atom. The number of hydrogen-bond donors (Lipinski definition) is 1. The summed E-state index contributed by atoms with van der Waals surface area (Å²) in [7, 11) is 1.60. The fraction of sp³-hybridized carbons (Fsp3) is 0.682. The molecule has 2 rings (SSSR count). The molecule has 0 aromatic heterocycles. The summed E-state index contributed by atoms with van der Waals surface area (Å²) in [5.74, 6) is 0.711. The molecule has 1 aliphatic heterocycles. The highest BCUT2D eigenvalue weighted by Crippen LogP contribution is 2.22. The van der Waals surface area contributed by atoms with Crippen molar-refractivity contribution in [2.45, 2.75) is 51.6 Å². The standard InChI is InChI=1S/C22H36N2O4/c1-4-5-6-12-22(2,26-3)21(25)23-19-8-10-20(11-9-19)28-16-7-13-24-14-17-27-18-15-24/h8-11H,4-7,12-18H2,1-3H3,(H,23,25)/t22-/m0/s1. The van der Waals surface area contributed by atoms with E-state index in [4.69, 9.17) is 14.2 Å². The zero-order valence-corrected chi connectivity index (χ0v) is 17.7. The molecule has 6 nitrogen and oxygen atoms in total. The number of amides is 1. The third kappa shape index (κ3) is 7.41. The lowest BCUT2D eigenvalue weighted by Gasteiger charge is -2.27. The lowest BCUT2D eigenvalue weighted by atomic mass is 9.97. The third-order valence-electron chi connectivity index (χ3n) is 5.29. The van der Waals surface area contributed by atoms with E-state index in [9.17, 15) is 4.79 Å². The Labute approximate surface area is 169 Å². The number of carbonyl (C=O) groups excluding carboxylic acids is 1. The van der Waals surface area contributed by atoms with Gasteiger partial charge in [-0.25, -0.2) is 0 Å². The molecule has 0 aliphatic carbocycles. The average Bonchev–Trinajstić information content (AvgIpc) is 2.73. The van der Waals surface area contributed by atoms with E-state index in [2.05, 4.69) is 17.1 Å². The van der Waals surface area contributed by atoms with Gasteiger partial charge in [0.1, 0.15) is 11.4 Å². The Bertz CT molecular complexity index is 572. The highest BCUT2D eigenvalue weighted by atomic mass is 16.5. The van der Waals surface area contributed by atoms with Crippen LogP contribution in [0, 0.1) is 0 Å². The average molecular weight is 393 g/mol. The number of hydrogen-bond acceptors (Lipinski definition) is 5. The third-order valence-corrected chi connectivity index (χ3v) is 5.29. The molecule has 0 unspecified atom stereocenters. The van der Waals surface area contributed by atoms with E-state index in [0.717, 1.165) is 70.0 Å². The van der Waals surface area contributed by atoms with Crippen LogP contribution in [0.1, 0.15) is 46.0 Å². The molecule has 1 atom stereocenters. The van der Waals surface area contributed by atoms with Crippen molar-refractivity contribution in [3.05, 3.63) is 24.3 Å². The van der Waals surface area contributed by atoms with E-state index >= 15 is 0 Å². The number of unbranched alkanes of at least 4 members (excludes halogenated alkanes) is 2. The predicted molar refractivity (Wildman–Crippen MR) is 112 cm³/mol. The summed E-state index contributed by atoms with van der Waals surface area (Å²) in [5, 5.41) is 2.96. The number of anilines is 1. The van der Waals surface area contributed by atoms with Crippen LogP contribution < -0.4 is 10.1 Å². The van der Waals surface area contributed by atoms with Crippen molar-refractivity contribution in [3.63, 3.8) is 0 Å². The Balaban J connectivity index is 1.74. The van der Waals surface area contributed by atoms with Crippen molar-refractivity contribution in [2.24, 2.45) is 0 Å².